The predicted octanol–water partition coefficient (Wildman–Crippen LogP) is 0.823. The van der Waals surface area contributed by atoms with Crippen molar-refractivity contribution in [1.29, 1.82) is 0 Å². The van der Waals surface area contributed by atoms with E-state index in [0.29, 0.717) is 4.21 Å². The quantitative estimate of drug-likeness (QED) is 0.744. The maximum atomic E-state index is 12.0. The summed E-state index contributed by atoms with van der Waals surface area (Å²) in [6.07, 6.45) is 0.703. The van der Waals surface area contributed by atoms with Crippen molar-refractivity contribution in [1.82, 2.24) is 10.0 Å². The fourth-order valence-corrected chi connectivity index (χ4v) is 3.78. The van der Waals surface area contributed by atoms with E-state index in [4.69, 9.17) is 4.74 Å². The summed E-state index contributed by atoms with van der Waals surface area (Å²) in [5.41, 5.74) is 0. The highest BCUT2D eigenvalue weighted by Crippen LogP contribution is 2.21. The van der Waals surface area contributed by atoms with Gasteiger partial charge in [0.05, 0.1) is 6.10 Å². The van der Waals surface area contributed by atoms with E-state index in [9.17, 15) is 8.42 Å². The minimum Gasteiger partial charge on any atom is -0.380 e. The molecule has 0 saturated heterocycles. The Balaban J connectivity index is 2.64. The van der Waals surface area contributed by atoms with E-state index >= 15 is 0 Å². The smallest absolute Gasteiger partial charge is 0.250 e. The van der Waals surface area contributed by atoms with Gasteiger partial charge >= 0.3 is 0 Å². The predicted molar refractivity (Wildman–Crippen MR) is 73.6 cm³/mol. The van der Waals surface area contributed by atoms with E-state index in [0.717, 1.165) is 17.8 Å². The van der Waals surface area contributed by atoms with Gasteiger partial charge in [-0.15, -0.1) is 11.3 Å². The van der Waals surface area contributed by atoms with Crippen LogP contribution >= 0.6 is 11.3 Å². The third-order valence-corrected chi connectivity index (χ3v) is 5.55. The summed E-state index contributed by atoms with van der Waals surface area (Å²) in [7, 11) is 0.0279. The number of nitrogens with one attached hydrogen (secondary N) is 2. The molecule has 0 spiro atoms. The van der Waals surface area contributed by atoms with Crippen LogP contribution in [0.25, 0.3) is 0 Å². The summed E-state index contributed by atoms with van der Waals surface area (Å²) < 4.78 is 31.8. The number of likely N-dealkylation sites (N-methyl/N-ethyl adjacent to an activating group) is 1. The van der Waals surface area contributed by atoms with Crippen LogP contribution in [0, 0.1) is 0 Å². The number of hydrogen-bond donors (Lipinski definition) is 2. The summed E-state index contributed by atoms with van der Waals surface area (Å²) in [6.45, 7) is 2.94. The Morgan fingerprint density at radius 3 is 2.78 bits per heavy atom. The summed E-state index contributed by atoms with van der Waals surface area (Å²) in [5.74, 6) is 0. The Morgan fingerprint density at radius 1 is 1.44 bits per heavy atom. The van der Waals surface area contributed by atoms with Gasteiger partial charge in [-0.25, -0.2) is 13.1 Å². The molecule has 0 saturated carbocycles. The monoisotopic (exact) mass is 292 g/mol. The fraction of sp³-hybridized carbons (Fsp3) is 0.636. The summed E-state index contributed by atoms with van der Waals surface area (Å²) in [5, 5.41) is 3.04. The number of rotatable bonds is 8. The van der Waals surface area contributed by atoms with Crippen LogP contribution in [-0.2, 0) is 21.2 Å². The Morgan fingerprint density at radius 2 is 2.17 bits per heavy atom. The molecule has 0 radical (unpaired) electrons. The lowest BCUT2D eigenvalue weighted by Gasteiger charge is -2.10. The van der Waals surface area contributed by atoms with E-state index in [1.165, 1.54) is 11.3 Å². The van der Waals surface area contributed by atoms with E-state index in [-0.39, 0.29) is 12.6 Å². The molecule has 1 heterocycles. The van der Waals surface area contributed by atoms with Crippen LogP contribution in [0.3, 0.4) is 0 Å². The molecule has 1 aromatic rings. The van der Waals surface area contributed by atoms with E-state index in [1.54, 1.807) is 13.2 Å². The second kappa shape index (κ2) is 7.20. The number of hydrogen-bond acceptors (Lipinski definition) is 5. The zero-order valence-corrected chi connectivity index (χ0v) is 12.5. The van der Waals surface area contributed by atoms with Crippen LogP contribution in [0.5, 0.6) is 0 Å². The zero-order valence-electron chi connectivity index (χ0n) is 10.9. The SMILES string of the molecule is CNCCc1ccc(S(=O)(=O)NCC(C)OC)s1. The molecule has 1 aromatic heterocycles. The number of thiophene rings is 1. The fourth-order valence-electron chi connectivity index (χ4n) is 1.27. The lowest BCUT2D eigenvalue weighted by Crippen LogP contribution is -2.31. The minimum atomic E-state index is -3.40. The molecule has 1 rings (SSSR count). The van der Waals surface area contributed by atoms with Crippen LogP contribution in [0.15, 0.2) is 16.3 Å². The summed E-state index contributed by atoms with van der Waals surface area (Å²) >= 11 is 1.31. The topological polar surface area (TPSA) is 67.4 Å². The van der Waals surface area contributed by atoms with Gasteiger partial charge in [-0.05, 0) is 39.1 Å². The van der Waals surface area contributed by atoms with E-state index in [2.05, 4.69) is 10.0 Å². The van der Waals surface area contributed by atoms with Crippen molar-refractivity contribution in [3.8, 4) is 0 Å². The second-order valence-corrected chi connectivity index (χ2v) is 7.13. The van der Waals surface area contributed by atoms with Crippen LogP contribution in [0.1, 0.15) is 11.8 Å². The molecule has 5 nitrogen and oxygen atoms in total. The van der Waals surface area contributed by atoms with Gasteiger partial charge in [0.1, 0.15) is 4.21 Å². The van der Waals surface area contributed by atoms with Crippen molar-refractivity contribution >= 4 is 21.4 Å². The first-order valence-electron chi connectivity index (χ1n) is 5.75. The standard InChI is InChI=1S/C11H20N2O3S2/c1-9(16-3)8-13-18(14,15)11-5-4-10(17-11)6-7-12-2/h4-5,9,12-13H,6-8H2,1-3H3. The molecule has 1 atom stereocenters. The molecule has 104 valence electrons. The van der Waals surface area contributed by atoms with Crippen molar-refractivity contribution in [3.63, 3.8) is 0 Å². The van der Waals surface area contributed by atoms with Crippen molar-refractivity contribution in [3.05, 3.63) is 17.0 Å². The van der Waals surface area contributed by atoms with Gasteiger partial charge in [0, 0.05) is 18.5 Å². The molecule has 0 aliphatic carbocycles. The molecule has 0 bridgehead atoms. The van der Waals surface area contributed by atoms with Crippen molar-refractivity contribution in [2.24, 2.45) is 0 Å². The maximum Gasteiger partial charge on any atom is 0.250 e. The van der Waals surface area contributed by atoms with Crippen LogP contribution in [0.2, 0.25) is 0 Å². The third kappa shape index (κ3) is 4.66. The van der Waals surface area contributed by atoms with Crippen LogP contribution in [-0.4, -0.2) is 41.8 Å². The molecule has 0 amide bonds. The lowest BCUT2D eigenvalue weighted by atomic mass is 10.3. The summed E-state index contributed by atoms with van der Waals surface area (Å²) in [6, 6.07) is 3.51. The Labute approximate surface area is 113 Å². The molecule has 0 fully saturated rings. The first-order chi connectivity index (χ1) is 8.49. The summed E-state index contributed by atoms with van der Waals surface area (Å²) in [4.78, 5) is 1.06. The molecule has 0 aliphatic heterocycles. The molecule has 18 heavy (non-hydrogen) atoms. The highest BCUT2D eigenvalue weighted by molar-refractivity contribution is 7.91. The molecule has 2 N–H and O–H groups in total. The molecular weight excluding hydrogens is 272 g/mol. The molecular formula is C11H20N2O3S2. The van der Waals surface area contributed by atoms with Crippen LogP contribution in [0.4, 0.5) is 0 Å². The van der Waals surface area contributed by atoms with Crippen molar-refractivity contribution in [2.45, 2.75) is 23.7 Å². The van der Waals surface area contributed by atoms with Crippen molar-refractivity contribution < 1.29 is 13.2 Å². The van der Waals surface area contributed by atoms with Gasteiger partial charge in [0.15, 0.2) is 0 Å². The average Bonchev–Trinajstić information content (AvgIpc) is 2.83. The number of methoxy groups -OCH3 is 1. The first kappa shape index (κ1) is 15.6. The number of sulfonamides is 1. The Hall–Kier alpha value is -0.470. The second-order valence-electron chi connectivity index (χ2n) is 3.97. The highest BCUT2D eigenvalue weighted by atomic mass is 32.2. The normalized spacial score (nSPS) is 13.7. The largest absolute Gasteiger partial charge is 0.380 e. The van der Waals surface area contributed by atoms with Gasteiger partial charge in [0.25, 0.3) is 0 Å². The molecule has 0 aliphatic rings. The minimum absolute atomic E-state index is 0.136. The molecule has 0 aromatic carbocycles. The maximum absolute atomic E-state index is 12.0. The molecule has 1 unspecified atom stereocenters. The van der Waals surface area contributed by atoms with Gasteiger partial charge in [0.2, 0.25) is 10.0 Å². The van der Waals surface area contributed by atoms with Crippen LogP contribution < -0.4 is 10.0 Å². The zero-order chi connectivity index (χ0) is 13.6. The number of ether oxygens (including phenoxy) is 1. The highest BCUT2D eigenvalue weighted by Gasteiger charge is 2.17. The van der Waals surface area contributed by atoms with Gasteiger partial charge < -0.3 is 10.1 Å². The van der Waals surface area contributed by atoms with Gasteiger partial charge in [-0.3, -0.25) is 0 Å². The Bertz CT molecular complexity index is 457. The van der Waals surface area contributed by atoms with Gasteiger partial charge in [-0.2, -0.15) is 0 Å². The Kier molecular flexibility index (Phi) is 6.24. The van der Waals surface area contributed by atoms with Gasteiger partial charge in [-0.1, -0.05) is 0 Å². The third-order valence-electron chi connectivity index (χ3n) is 2.49. The van der Waals surface area contributed by atoms with E-state index < -0.39 is 10.0 Å². The molecule has 7 heteroatoms. The van der Waals surface area contributed by atoms with Crippen molar-refractivity contribution in [2.75, 3.05) is 27.2 Å². The first-order valence-corrected chi connectivity index (χ1v) is 8.05. The lowest BCUT2D eigenvalue weighted by molar-refractivity contribution is 0.122. The van der Waals surface area contributed by atoms with E-state index in [1.807, 2.05) is 20.0 Å². The average molecular weight is 292 g/mol.